The summed E-state index contributed by atoms with van der Waals surface area (Å²) in [6, 6.07) is 5.60. The number of aryl methyl sites for hydroxylation is 2. The average molecular weight is 341 g/mol. The Kier molecular flexibility index (Phi) is 4.11. The third kappa shape index (κ3) is 3.48. The van der Waals surface area contributed by atoms with Gasteiger partial charge < -0.3 is 14.8 Å². The Labute approximate surface area is 147 Å². The number of benzene rings is 1. The lowest BCUT2D eigenvalue weighted by molar-refractivity contribution is -0.116. The van der Waals surface area contributed by atoms with Crippen LogP contribution in [0.2, 0.25) is 0 Å². The topological polar surface area (TPSA) is 65.4 Å². The zero-order chi connectivity index (χ0) is 17.3. The Morgan fingerprint density at radius 1 is 1.24 bits per heavy atom. The lowest BCUT2D eigenvalue weighted by atomic mass is 9.94. The highest BCUT2D eigenvalue weighted by Gasteiger charge is 2.42. The standard InChI is InChI=1S/C19H23N3O3/c1-14-12-20-22(13-14)10-7-18(23)21-15-5-6-16-17(11-15)25-19(24-16)8-3-2-4-9-19/h5-6,11-13H,2-4,7-10H2,1H3,(H,21,23). The normalized spacial score (nSPS) is 17.6. The van der Waals surface area contributed by atoms with E-state index in [1.54, 1.807) is 10.9 Å². The van der Waals surface area contributed by atoms with Crippen LogP contribution in [-0.2, 0) is 11.3 Å². The number of aromatic nitrogens is 2. The number of carbonyl (C=O) groups excluding carboxylic acids is 1. The van der Waals surface area contributed by atoms with Crippen LogP contribution < -0.4 is 14.8 Å². The molecule has 0 bridgehead atoms. The van der Waals surface area contributed by atoms with E-state index in [4.69, 9.17) is 9.47 Å². The summed E-state index contributed by atoms with van der Waals surface area (Å²) in [5.74, 6) is 0.968. The lowest BCUT2D eigenvalue weighted by Crippen LogP contribution is -2.40. The van der Waals surface area contributed by atoms with Crippen LogP contribution in [-0.4, -0.2) is 21.5 Å². The molecule has 6 nitrogen and oxygen atoms in total. The Bertz CT molecular complexity index is 778. The number of fused-ring (bicyclic) bond motifs is 1. The van der Waals surface area contributed by atoms with Crippen molar-refractivity contribution in [3.8, 4) is 11.5 Å². The third-order valence-corrected chi connectivity index (χ3v) is 4.77. The fraction of sp³-hybridized carbons (Fsp3) is 0.474. The molecular weight excluding hydrogens is 318 g/mol. The van der Waals surface area contributed by atoms with E-state index in [1.165, 1.54) is 6.42 Å². The van der Waals surface area contributed by atoms with E-state index in [0.29, 0.717) is 13.0 Å². The van der Waals surface area contributed by atoms with E-state index in [9.17, 15) is 4.79 Å². The van der Waals surface area contributed by atoms with Gasteiger partial charge in [-0.3, -0.25) is 9.48 Å². The van der Waals surface area contributed by atoms with Gasteiger partial charge in [-0.2, -0.15) is 5.10 Å². The maximum atomic E-state index is 12.2. The van der Waals surface area contributed by atoms with Crippen LogP contribution in [0.1, 0.15) is 44.1 Å². The molecule has 1 saturated carbocycles. The number of rotatable bonds is 4. The van der Waals surface area contributed by atoms with Crippen LogP contribution in [0.4, 0.5) is 5.69 Å². The minimum atomic E-state index is -0.485. The number of hydrogen-bond acceptors (Lipinski definition) is 4. The number of hydrogen-bond donors (Lipinski definition) is 1. The van der Waals surface area contributed by atoms with Gasteiger partial charge in [-0.05, 0) is 37.5 Å². The molecule has 1 aromatic carbocycles. The van der Waals surface area contributed by atoms with Crippen LogP contribution >= 0.6 is 0 Å². The second-order valence-corrected chi connectivity index (χ2v) is 6.92. The van der Waals surface area contributed by atoms with Gasteiger partial charge in [0, 0.05) is 43.8 Å². The summed E-state index contributed by atoms with van der Waals surface area (Å²) in [7, 11) is 0. The van der Waals surface area contributed by atoms with Gasteiger partial charge in [-0.25, -0.2) is 0 Å². The number of ether oxygens (including phenoxy) is 2. The Morgan fingerprint density at radius 2 is 2.04 bits per heavy atom. The lowest BCUT2D eigenvalue weighted by Gasteiger charge is -2.31. The molecule has 132 valence electrons. The molecule has 25 heavy (non-hydrogen) atoms. The van der Waals surface area contributed by atoms with E-state index >= 15 is 0 Å². The van der Waals surface area contributed by atoms with Gasteiger partial charge in [-0.15, -0.1) is 0 Å². The van der Waals surface area contributed by atoms with Crippen LogP contribution in [0.5, 0.6) is 11.5 Å². The number of nitrogens with zero attached hydrogens (tertiary/aromatic N) is 2. The summed E-state index contributed by atoms with van der Waals surface area (Å²) in [4.78, 5) is 12.2. The minimum Gasteiger partial charge on any atom is -0.448 e. The van der Waals surface area contributed by atoms with Gasteiger partial charge >= 0.3 is 0 Å². The van der Waals surface area contributed by atoms with Crippen LogP contribution in [0.25, 0.3) is 0 Å². The summed E-state index contributed by atoms with van der Waals surface area (Å²) in [6.45, 7) is 2.54. The summed E-state index contributed by atoms with van der Waals surface area (Å²) in [5.41, 5.74) is 1.82. The Balaban J connectivity index is 1.36. The fourth-order valence-corrected chi connectivity index (χ4v) is 3.49. The largest absolute Gasteiger partial charge is 0.448 e. The van der Waals surface area contributed by atoms with Crippen molar-refractivity contribution >= 4 is 11.6 Å². The number of amides is 1. The first-order chi connectivity index (χ1) is 12.1. The number of anilines is 1. The SMILES string of the molecule is Cc1cnn(CCC(=O)Nc2ccc3c(c2)OC2(CCCCC2)O3)c1. The predicted molar refractivity (Wildman–Crippen MR) is 93.7 cm³/mol. The molecule has 1 amide bonds. The quantitative estimate of drug-likeness (QED) is 0.922. The molecule has 1 spiro atoms. The monoisotopic (exact) mass is 341 g/mol. The Morgan fingerprint density at radius 3 is 2.80 bits per heavy atom. The van der Waals surface area contributed by atoms with Gasteiger partial charge in [0.2, 0.25) is 5.91 Å². The third-order valence-electron chi connectivity index (χ3n) is 4.77. The molecule has 4 rings (SSSR count). The van der Waals surface area contributed by atoms with Gasteiger partial charge in [0.15, 0.2) is 11.5 Å². The summed E-state index contributed by atoms with van der Waals surface area (Å²) in [6.07, 6.45) is 9.43. The van der Waals surface area contributed by atoms with E-state index in [0.717, 1.165) is 48.4 Å². The molecule has 0 saturated heterocycles. The first-order valence-corrected chi connectivity index (χ1v) is 8.93. The molecule has 0 radical (unpaired) electrons. The molecule has 2 aliphatic rings. The first kappa shape index (κ1) is 16.0. The van der Waals surface area contributed by atoms with Gasteiger partial charge in [0.25, 0.3) is 5.79 Å². The summed E-state index contributed by atoms with van der Waals surface area (Å²) < 4.78 is 13.9. The van der Waals surface area contributed by atoms with Crippen molar-refractivity contribution in [2.45, 2.75) is 57.8 Å². The van der Waals surface area contributed by atoms with Crippen LogP contribution in [0, 0.1) is 6.92 Å². The second-order valence-electron chi connectivity index (χ2n) is 6.92. The van der Waals surface area contributed by atoms with Crippen molar-refractivity contribution in [2.24, 2.45) is 0 Å². The molecule has 1 aliphatic carbocycles. The molecule has 2 aromatic rings. The number of nitrogens with one attached hydrogen (secondary N) is 1. The van der Waals surface area contributed by atoms with Crippen molar-refractivity contribution in [3.63, 3.8) is 0 Å². The average Bonchev–Trinajstić information content (AvgIpc) is 3.16. The molecule has 1 aromatic heterocycles. The van der Waals surface area contributed by atoms with Gasteiger partial charge in [0.1, 0.15) is 0 Å². The van der Waals surface area contributed by atoms with Crippen molar-refractivity contribution in [1.29, 1.82) is 0 Å². The highest BCUT2D eigenvalue weighted by molar-refractivity contribution is 5.91. The molecule has 0 atom stereocenters. The summed E-state index contributed by atoms with van der Waals surface area (Å²) >= 11 is 0. The zero-order valence-electron chi connectivity index (χ0n) is 14.5. The number of carbonyl (C=O) groups is 1. The first-order valence-electron chi connectivity index (χ1n) is 8.93. The predicted octanol–water partition coefficient (Wildman–Crippen LogP) is 3.65. The molecule has 1 fully saturated rings. The molecule has 1 N–H and O–H groups in total. The van der Waals surface area contributed by atoms with Gasteiger partial charge in [0.05, 0.1) is 6.20 Å². The smallest absolute Gasteiger partial charge is 0.251 e. The zero-order valence-corrected chi connectivity index (χ0v) is 14.5. The maximum absolute atomic E-state index is 12.2. The Hall–Kier alpha value is -2.50. The minimum absolute atomic E-state index is 0.0422. The highest BCUT2D eigenvalue weighted by atomic mass is 16.7. The fourth-order valence-electron chi connectivity index (χ4n) is 3.49. The molecule has 1 aliphatic heterocycles. The van der Waals surface area contributed by atoms with Crippen molar-refractivity contribution in [2.75, 3.05) is 5.32 Å². The molecular formula is C19H23N3O3. The molecule has 2 heterocycles. The van der Waals surface area contributed by atoms with Gasteiger partial charge in [-0.1, -0.05) is 6.42 Å². The van der Waals surface area contributed by atoms with Crippen molar-refractivity contribution in [1.82, 2.24) is 9.78 Å². The van der Waals surface area contributed by atoms with E-state index in [-0.39, 0.29) is 5.91 Å². The van der Waals surface area contributed by atoms with Crippen molar-refractivity contribution in [3.05, 3.63) is 36.2 Å². The van der Waals surface area contributed by atoms with E-state index in [2.05, 4.69) is 10.4 Å². The second kappa shape index (κ2) is 6.43. The highest BCUT2D eigenvalue weighted by Crippen LogP contribution is 2.46. The molecule has 6 heteroatoms. The van der Waals surface area contributed by atoms with Crippen LogP contribution in [0.3, 0.4) is 0 Å². The van der Waals surface area contributed by atoms with Crippen LogP contribution in [0.15, 0.2) is 30.6 Å². The molecule has 0 unspecified atom stereocenters. The van der Waals surface area contributed by atoms with Crippen molar-refractivity contribution < 1.29 is 14.3 Å². The van der Waals surface area contributed by atoms with E-state index < -0.39 is 5.79 Å². The maximum Gasteiger partial charge on any atom is 0.251 e. The summed E-state index contributed by atoms with van der Waals surface area (Å²) in [5, 5.41) is 7.11. The van der Waals surface area contributed by atoms with E-state index in [1.807, 2.05) is 31.3 Å².